The third-order valence-corrected chi connectivity index (χ3v) is 6.58. The first-order valence-corrected chi connectivity index (χ1v) is 9.42. The second-order valence-electron chi connectivity index (χ2n) is 4.02. The van der Waals surface area contributed by atoms with Crippen LogP contribution in [-0.2, 0) is 0 Å². The number of rotatable bonds is 4. The first-order chi connectivity index (χ1) is 8.63. The summed E-state index contributed by atoms with van der Waals surface area (Å²) in [6.07, 6.45) is 0. The van der Waals surface area contributed by atoms with E-state index in [9.17, 15) is 0 Å². The molecule has 0 heterocycles. The van der Waals surface area contributed by atoms with Gasteiger partial charge in [-0.25, -0.2) is 0 Å². The highest BCUT2D eigenvalue weighted by atomic mass is 79.9. The molecular formula is C14H14Br2P2. The molecule has 2 rings (SSSR count). The van der Waals surface area contributed by atoms with Crippen LogP contribution >= 0.6 is 49.0 Å². The standard InChI is InChI=1S/C14H14Br2P2/c1-10(17-13-6-2-11(15)3-7-13)18-14-8-4-12(16)5-9-14/h2-10,17-18H,1H3. The molecule has 2 unspecified atom stereocenters. The summed E-state index contributed by atoms with van der Waals surface area (Å²) in [5.41, 5.74) is 0. The molecule has 0 aliphatic heterocycles. The Balaban J connectivity index is 1.94. The highest BCUT2D eigenvalue weighted by Crippen LogP contribution is 2.33. The van der Waals surface area contributed by atoms with Crippen LogP contribution in [0, 0.1) is 0 Å². The Morgan fingerprint density at radius 2 is 1.06 bits per heavy atom. The number of benzene rings is 2. The third-order valence-electron chi connectivity index (χ3n) is 2.45. The van der Waals surface area contributed by atoms with Gasteiger partial charge in [0.25, 0.3) is 0 Å². The summed E-state index contributed by atoms with van der Waals surface area (Å²) in [4.78, 5) is 0. The number of hydrogen-bond acceptors (Lipinski definition) is 0. The number of hydrogen-bond donors (Lipinski definition) is 0. The molecule has 0 radical (unpaired) electrons. The first-order valence-electron chi connectivity index (χ1n) is 5.68. The van der Waals surface area contributed by atoms with Crippen LogP contribution in [0.1, 0.15) is 6.92 Å². The van der Waals surface area contributed by atoms with E-state index in [-0.39, 0.29) is 0 Å². The van der Waals surface area contributed by atoms with Crippen molar-refractivity contribution in [2.75, 3.05) is 0 Å². The van der Waals surface area contributed by atoms with E-state index in [2.05, 4.69) is 87.3 Å². The molecule has 94 valence electrons. The van der Waals surface area contributed by atoms with E-state index in [1.807, 2.05) is 0 Å². The molecule has 0 saturated carbocycles. The first kappa shape index (κ1) is 14.7. The largest absolute Gasteiger partial charge is 0.0830 e. The normalized spacial score (nSPS) is 13.7. The zero-order valence-electron chi connectivity index (χ0n) is 9.95. The van der Waals surface area contributed by atoms with Crippen molar-refractivity contribution in [3.63, 3.8) is 0 Å². The van der Waals surface area contributed by atoms with E-state index >= 15 is 0 Å². The lowest BCUT2D eigenvalue weighted by Gasteiger charge is -2.12. The van der Waals surface area contributed by atoms with Crippen molar-refractivity contribution in [1.82, 2.24) is 0 Å². The molecule has 0 fully saturated rings. The topological polar surface area (TPSA) is 0 Å². The van der Waals surface area contributed by atoms with Crippen molar-refractivity contribution in [2.24, 2.45) is 0 Å². The summed E-state index contributed by atoms with van der Waals surface area (Å²) in [5.74, 6) is 0. The van der Waals surface area contributed by atoms with Crippen molar-refractivity contribution in [2.45, 2.75) is 12.3 Å². The van der Waals surface area contributed by atoms with Gasteiger partial charge in [-0.15, -0.1) is 0 Å². The van der Waals surface area contributed by atoms with Gasteiger partial charge in [0.15, 0.2) is 0 Å². The van der Waals surface area contributed by atoms with Gasteiger partial charge in [0.05, 0.1) is 0 Å². The van der Waals surface area contributed by atoms with Crippen LogP contribution in [0.5, 0.6) is 0 Å². The summed E-state index contributed by atoms with van der Waals surface area (Å²) >= 11 is 6.95. The molecule has 0 aliphatic rings. The fourth-order valence-electron chi connectivity index (χ4n) is 1.63. The van der Waals surface area contributed by atoms with E-state index in [4.69, 9.17) is 0 Å². The minimum atomic E-state index is 0.715. The number of halogens is 2. The molecule has 0 aromatic heterocycles. The van der Waals surface area contributed by atoms with Crippen LogP contribution in [0.15, 0.2) is 57.5 Å². The summed E-state index contributed by atoms with van der Waals surface area (Å²) in [7, 11) is 1.75. The minimum Gasteiger partial charge on any atom is -0.0830 e. The molecule has 2 atom stereocenters. The lowest BCUT2D eigenvalue weighted by atomic mass is 10.4. The van der Waals surface area contributed by atoms with Crippen molar-refractivity contribution in [3.8, 4) is 0 Å². The molecule has 0 nitrogen and oxygen atoms in total. The predicted molar refractivity (Wildman–Crippen MR) is 93.6 cm³/mol. The van der Waals surface area contributed by atoms with E-state index in [1.54, 1.807) is 0 Å². The Bertz CT molecular complexity index is 447. The third kappa shape index (κ3) is 4.74. The Kier molecular flexibility index (Phi) is 5.83. The lowest BCUT2D eigenvalue weighted by Crippen LogP contribution is -2.02. The molecule has 0 amide bonds. The van der Waals surface area contributed by atoms with Gasteiger partial charge in [0.2, 0.25) is 0 Å². The summed E-state index contributed by atoms with van der Waals surface area (Å²) in [6.45, 7) is 2.33. The summed E-state index contributed by atoms with van der Waals surface area (Å²) in [6, 6.07) is 17.3. The van der Waals surface area contributed by atoms with Gasteiger partial charge >= 0.3 is 0 Å². The maximum absolute atomic E-state index is 3.47. The summed E-state index contributed by atoms with van der Waals surface area (Å²) < 4.78 is 2.30. The van der Waals surface area contributed by atoms with Gasteiger partial charge < -0.3 is 0 Å². The van der Waals surface area contributed by atoms with E-state index < -0.39 is 0 Å². The minimum absolute atomic E-state index is 0.715. The van der Waals surface area contributed by atoms with Gasteiger partial charge in [-0.1, -0.05) is 80.2 Å². The van der Waals surface area contributed by atoms with Crippen LogP contribution in [0.4, 0.5) is 0 Å². The average molecular weight is 404 g/mol. The smallest absolute Gasteiger partial charge is 0.0175 e. The maximum atomic E-state index is 3.47. The van der Waals surface area contributed by atoms with Crippen molar-refractivity contribution >= 4 is 59.6 Å². The predicted octanol–water partition coefficient (Wildman–Crippen LogP) is 4.87. The molecule has 18 heavy (non-hydrogen) atoms. The lowest BCUT2D eigenvalue weighted by molar-refractivity contribution is 1.41. The Labute approximate surface area is 129 Å². The van der Waals surface area contributed by atoms with Gasteiger partial charge in [0, 0.05) is 8.95 Å². The van der Waals surface area contributed by atoms with Gasteiger partial charge in [-0.2, -0.15) is 0 Å². The van der Waals surface area contributed by atoms with Crippen molar-refractivity contribution in [3.05, 3.63) is 57.5 Å². The van der Waals surface area contributed by atoms with Crippen molar-refractivity contribution in [1.29, 1.82) is 0 Å². The molecule has 0 aliphatic carbocycles. The second kappa shape index (κ2) is 7.15. The average Bonchev–Trinajstić information content (AvgIpc) is 2.35. The van der Waals surface area contributed by atoms with Gasteiger partial charge in [0.1, 0.15) is 0 Å². The quantitative estimate of drug-likeness (QED) is 0.639. The molecule has 0 spiro atoms. The van der Waals surface area contributed by atoms with Gasteiger partial charge in [-0.3, -0.25) is 0 Å². The van der Waals surface area contributed by atoms with Crippen LogP contribution in [-0.4, -0.2) is 5.40 Å². The van der Waals surface area contributed by atoms with Crippen LogP contribution in [0.25, 0.3) is 0 Å². The highest BCUT2D eigenvalue weighted by molar-refractivity contribution is 9.10. The Morgan fingerprint density at radius 1 is 0.722 bits per heavy atom. The summed E-state index contributed by atoms with van der Waals surface area (Å²) in [5, 5.41) is 3.60. The van der Waals surface area contributed by atoms with Crippen LogP contribution in [0.3, 0.4) is 0 Å². The molecule has 2 aromatic carbocycles. The van der Waals surface area contributed by atoms with Crippen LogP contribution < -0.4 is 10.6 Å². The monoisotopic (exact) mass is 402 g/mol. The fraction of sp³-hybridized carbons (Fsp3) is 0.143. The molecule has 0 N–H and O–H groups in total. The molecular weight excluding hydrogens is 390 g/mol. The van der Waals surface area contributed by atoms with Crippen LogP contribution in [0.2, 0.25) is 0 Å². The van der Waals surface area contributed by atoms with E-state index in [0.717, 1.165) is 26.1 Å². The second-order valence-corrected chi connectivity index (χ2v) is 9.90. The Hall–Kier alpha value is 0.260. The zero-order chi connectivity index (χ0) is 13.0. The zero-order valence-corrected chi connectivity index (χ0v) is 15.1. The highest BCUT2D eigenvalue weighted by Gasteiger charge is 2.05. The maximum Gasteiger partial charge on any atom is 0.0175 e. The fourth-order valence-corrected chi connectivity index (χ4v) is 5.16. The SMILES string of the molecule is CC(Pc1ccc(Br)cc1)Pc1ccc(Br)cc1. The van der Waals surface area contributed by atoms with E-state index in [0.29, 0.717) is 5.40 Å². The van der Waals surface area contributed by atoms with E-state index in [1.165, 1.54) is 10.6 Å². The van der Waals surface area contributed by atoms with Gasteiger partial charge in [-0.05, 0) is 40.3 Å². The molecule has 4 heteroatoms. The molecule has 0 saturated heterocycles. The Morgan fingerprint density at radius 3 is 1.39 bits per heavy atom. The van der Waals surface area contributed by atoms with Crippen molar-refractivity contribution < 1.29 is 0 Å². The molecule has 0 bridgehead atoms. The molecule has 2 aromatic rings.